The number of carbonyl (C=O) groups is 1. The molecule has 1 aliphatic rings. The van der Waals surface area contributed by atoms with E-state index in [2.05, 4.69) is 37.3 Å². The summed E-state index contributed by atoms with van der Waals surface area (Å²) in [6.07, 6.45) is 7.77. The maximum Gasteiger partial charge on any atom is 0.284 e. The molecule has 0 saturated heterocycles. The van der Waals surface area contributed by atoms with Crippen LogP contribution in [0.4, 0.5) is 0 Å². The number of carbonyl (C=O) groups excluding carboxylic acids is 1. The van der Waals surface area contributed by atoms with Gasteiger partial charge in [0.2, 0.25) is 0 Å². The van der Waals surface area contributed by atoms with E-state index in [0.717, 1.165) is 25.9 Å². The molecular weight excluding hydrogens is 240 g/mol. The zero-order valence-corrected chi connectivity index (χ0v) is 12.0. The topological polar surface area (TPSA) is 72.9 Å². The molecule has 0 aromatic carbocycles. The minimum atomic E-state index is -0.483. The lowest BCUT2D eigenvalue weighted by Crippen LogP contribution is -2.50. The molecule has 19 heavy (non-hydrogen) atoms. The van der Waals surface area contributed by atoms with Crippen molar-refractivity contribution in [3.05, 3.63) is 18.2 Å². The Morgan fingerprint density at radius 3 is 2.74 bits per heavy atom. The van der Waals surface area contributed by atoms with Gasteiger partial charge in [-0.1, -0.05) is 20.8 Å². The first kappa shape index (κ1) is 14.1. The predicted molar refractivity (Wildman–Crippen MR) is 73.7 cm³/mol. The number of nitrogens with zero attached hydrogens (tertiary/aromatic N) is 2. The largest absolute Gasteiger partial charge is 0.363 e. The third-order valence-corrected chi connectivity index (χ3v) is 3.71. The summed E-state index contributed by atoms with van der Waals surface area (Å²) in [7, 11) is 0. The Balaban J connectivity index is 2.10. The molecule has 1 aliphatic carbocycles. The van der Waals surface area contributed by atoms with Gasteiger partial charge < -0.3 is 15.6 Å². The van der Waals surface area contributed by atoms with Crippen LogP contribution in [0.3, 0.4) is 0 Å². The number of hydrogen-bond donors (Lipinski definition) is 2. The predicted octanol–water partition coefficient (Wildman–Crippen LogP) is 1.30. The van der Waals surface area contributed by atoms with Crippen LogP contribution in [0.2, 0.25) is 0 Å². The summed E-state index contributed by atoms with van der Waals surface area (Å²) in [6, 6.07) is 0. The first-order chi connectivity index (χ1) is 8.84. The number of nitrogens with two attached hydrogens (primary N) is 1. The lowest BCUT2D eigenvalue weighted by molar-refractivity contribution is 0.0933. The lowest BCUT2D eigenvalue weighted by Gasteiger charge is -2.44. The fourth-order valence-corrected chi connectivity index (χ4v) is 2.56. The van der Waals surface area contributed by atoms with Gasteiger partial charge in [-0.25, -0.2) is 4.98 Å². The van der Waals surface area contributed by atoms with Gasteiger partial charge in [0.05, 0.1) is 5.54 Å². The maximum absolute atomic E-state index is 11.4. The molecule has 1 heterocycles. The molecule has 105 valence electrons. The summed E-state index contributed by atoms with van der Waals surface area (Å²) < 4.78 is 1.91. The number of nitrogens with one attached hydrogen (secondary N) is 1. The third-order valence-electron chi connectivity index (χ3n) is 3.71. The SMILES string of the molecule is CC(C)(C)CNCC1(n2c[c]nc2C(N)=O)CCC1. The Bertz CT molecular complexity index is 454. The molecule has 0 bridgehead atoms. The molecule has 1 amide bonds. The molecule has 3 N–H and O–H groups in total. The van der Waals surface area contributed by atoms with Crippen molar-refractivity contribution in [1.82, 2.24) is 14.9 Å². The molecule has 5 heteroatoms. The van der Waals surface area contributed by atoms with Gasteiger partial charge in [-0.3, -0.25) is 4.79 Å². The Labute approximate surface area is 114 Å². The first-order valence-corrected chi connectivity index (χ1v) is 6.81. The number of rotatable bonds is 5. The number of imidazole rings is 1. The molecule has 1 radical (unpaired) electrons. The van der Waals surface area contributed by atoms with Crippen molar-refractivity contribution in [2.24, 2.45) is 11.1 Å². The third kappa shape index (κ3) is 2.97. The zero-order chi connectivity index (χ0) is 14.1. The maximum atomic E-state index is 11.4. The van der Waals surface area contributed by atoms with Gasteiger partial charge in [0.15, 0.2) is 5.82 Å². The highest BCUT2D eigenvalue weighted by molar-refractivity contribution is 5.89. The summed E-state index contributed by atoms with van der Waals surface area (Å²) in [5.41, 5.74) is 5.57. The van der Waals surface area contributed by atoms with Crippen molar-refractivity contribution in [3.63, 3.8) is 0 Å². The van der Waals surface area contributed by atoms with Gasteiger partial charge in [0, 0.05) is 19.3 Å². The molecule has 1 aromatic rings. The van der Waals surface area contributed by atoms with Crippen LogP contribution < -0.4 is 11.1 Å². The second-order valence-corrected chi connectivity index (χ2v) is 6.67. The van der Waals surface area contributed by atoms with Crippen LogP contribution in [0, 0.1) is 11.6 Å². The van der Waals surface area contributed by atoms with Crippen molar-refractivity contribution in [2.75, 3.05) is 13.1 Å². The molecule has 1 saturated carbocycles. The van der Waals surface area contributed by atoms with E-state index in [0.29, 0.717) is 5.82 Å². The van der Waals surface area contributed by atoms with Crippen LogP contribution in [-0.2, 0) is 5.54 Å². The van der Waals surface area contributed by atoms with Gasteiger partial charge in [-0.05, 0) is 24.7 Å². The second kappa shape index (κ2) is 4.96. The number of hydrogen-bond acceptors (Lipinski definition) is 3. The summed E-state index contributed by atoms with van der Waals surface area (Å²) in [4.78, 5) is 15.4. The zero-order valence-electron chi connectivity index (χ0n) is 12.0. The number of aromatic nitrogens is 2. The summed E-state index contributed by atoms with van der Waals surface area (Å²) in [6.45, 7) is 8.39. The molecule has 5 nitrogen and oxygen atoms in total. The van der Waals surface area contributed by atoms with Gasteiger partial charge in [0.25, 0.3) is 5.91 Å². The molecule has 2 rings (SSSR count). The monoisotopic (exact) mass is 263 g/mol. The van der Waals surface area contributed by atoms with Gasteiger partial charge in [0.1, 0.15) is 6.20 Å². The van der Waals surface area contributed by atoms with E-state index in [1.54, 1.807) is 6.20 Å². The lowest BCUT2D eigenvalue weighted by atomic mass is 9.76. The standard InChI is InChI=1S/C14H23N4O/c1-13(2,3)9-16-10-14(5-4-6-14)18-8-7-17-12(18)11(15)19/h8,16H,4-6,9-10H2,1-3H3,(H2,15,19). The number of primary amides is 1. The first-order valence-electron chi connectivity index (χ1n) is 6.81. The fourth-order valence-electron chi connectivity index (χ4n) is 2.56. The quantitative estimate of drug-likeness (QED) is 0.841. The second-order valence-electron chi connectivity index (χ2n) is 6.67. The highest BCUT2D eigenvalue weighted by Crippen LogP contribution is 2.39. The van der Waals surface area contributed by atoms with Crippen molar-refractivity contribution in [2.45, 2.75) is 45.6 Å². The Hall–Kier alpha value is -1.36. The summed E-state index contributed by atoms with van der Waals surface area (Å²) in [5.74, 6) is -0.166. The van der Waals surface area contributed by atoms with Crippen LogP contribution in [0.5, 0.6) is 0 Å². The molecular formula is C14H23N4O. The van der Waals surface area contributed by atoms with E-state index < -0.39 is 5.91 Å². The van der Waals surface area contributed by atoms with E-state index >= 15 is 0 Å². The van der Waals surface area contributed by atoms with Crippen LogP contribution in [0.15, 0.2) is 6.20 Å². The van der Waals surface area contributed by atoms with Crippen LogP contribution in [0.1, 0.15) is 50.7 Å². The van der Waals surface area contributed by atoms with Crippen LogP contribution in [-0.4, -0.2) is 28.5 Å². The van der Waals surface area contributed by atoms with Crippen LogP contribution in [0.25, 0.3) is 0 Å². The molecule has 0 unspecified atom stereocenters. The van der Waals surface area contributed by atoms with E-state index in [4.69, 9.17) is 5.73 Å². The molecule has 0 aliphatic heterocycles. The Kier molecular flexibility index (Phi) is 3.67. The average Bonchev–Trinajstić information content (AvgIpc) is 2.69. The minimum Gasteiger partial charge on any atom is -0.363 e. The highest BCUT2D eigenvalue weighted by atomic mass is 16.1. The summed E-state index contributed by atoms with van der Waals surface area (Å²) >= 11 is 0. The fraction of sp³-hybridized carbons (Fsp3) is 0.714. The highest BCUT2D eigenvalue weighted by Gasteiger charge is 2.40. The average molecular weight is 263 g/mol. The van der Waals surface area contributed by atoms with Crippen molar-refractivity contribution in [3.8, 4) is 0 Å². The molecule has 1 fully saturated rings. The minimum absolute atomic E-state index is 0.0530. The number of amides is 1. The summed E-state index contributed by atoms with van der Waals surface area (Å²) in [5, 5.41) is 3.51. The van der Waals surface area contributed by atoms with E-state index in [9.17, 15) is 4.79 Å². The van der Waals surface area contributed by atoms with Gasteiger partial charge in [-0.2, -0.15) is 0 Å². The smallest absolute Gasteiger partial charge is 0.284 e. The van der Waals surface area contributed by atoms with Crippen molar-refractivity contribution in [1.29, 1.82) is 0 Å². The van der Waals surface area contributed by atoms with E-state index in [-0.39, 0.29) is 11.0 Å². The van der Waals surface area contributed by atoms with Gasteiger partial charge >= 0.3 is 0 Å². The Morgan fingerprint density at radius 2 is 2.26 bits per heavy atom. The molecule has 1 aromatic heterocycles. The van der Waals surface area contributed by atoms with Crippen molar-refractivity contribution < 1.29 is 4.79 Å². The normalized spacial score (nSPS) is 18.1. The van der Waals surface area contributed by atoms with E-state index in [1.807, 2.05) is 4.57 Å². The Morgan fingerprint density at radius 1 is 1.58 bits per heavy atom. The molecule has 0 atom stereocenters. The van der Waals surface area contributed by atoms with Crippen molar-refractivity contribution >= 4 is 5.91 Å². The molecule has 0 spiro atoms. The van der Waals surface area contributed by atoms with Crippen LogP contribution >= 0.6 is 0 Å². The van der Waals surface area contributed by atoms with Gasteiger partial charge in [-0.15, -0.1) is 0 Å². The van der Waals surface area contributed by atoms with E-state index in [1.165, 1.54) is 6.42 Å².